The third-order valence-corrected chi connectivity index (χ3v) is 3.68. The lowest BCUT2D eigenvalue weighted by Crippen LogP contribution is -2.25. The summed E-state index contributed by atoms with van der Waals surface area (Å²) in [4.78, 5) is 21.0. The number of furan rings is 1. The molecule has 7 nitrogen and oxygen atoms in total. The van der Waals surface area contributed by atoms with Gasteiger partial charge in [-0.3, -0.25) is 14.5 Å². The zero-order valence-corrected chi connectivity index (χ0v) is 13.2. The molecule has 23 heavy (non-hydrogen) atoms. The van der Waals surface area contributed by atoms with Gasteiger partial charge in [0.05, 0.1) is 29.8 Å². The quantitative estimate of drug-likeness (QED) is 0.796. The minimum Gasteiger partial charge on any atom is -0.463 e. The molecule has 0 aliphatic rings. The van der Waals surface area contributed by atoms with Crippen molar-refractivity contribution in [2.24, 2.45) is 7.05 Å². The second-order valence-corrected chi connectivity index (χ2v) is 5.18. The van der Waals surface area contributed by atoms with Gasteiger partial charge in [0.25, 0.3) is 5.91 Å². The van der Waals surface area contributed by atoms with Gasteiger partial charge in [0, 0.05) is 25.1 Å². The molecule has 0 spiro atoms. The van der Waals surface area contributed by atoms with Gasteiger partial charge in [-0.1, -0.05) is 0 Å². The maximum absolute atomic E-state index is 12.4. The summed E-state index contributed by atoms with van der Waals surface area (Å²) in [6, 6.07) is 3.60. The zero-order chi connectivity index (χ0) is 16.4. The molecular weight excluding hydrogens is 294 g/mol. The lowest BCUT2D eigenvalue weighted by atomic mass is 10.2. The van der Waals surface area contributed by atoms with E-state index in [1.54, 1.807) is 29.4 Å². The Morgan fingerprint density at radius 2 is 2.09 bits per heavy atom. The average Bonchev–Trinajstić information content (AvgIpc) is 3.15. The van der Waals surface area contributed by atoms with Crippen molar-refractivity contribution >= 4 is 5.91 Å². The molecule has 0 aliphatic carbocycles. The zero-order valence-electron chi connectivity index (χ0n) is 13.2. The Balaban J connectivity index is 1.80. The molecule has 1 N–H and O–H groups in total. The number of aryl methyl sites for hydroxylation is 2. The van der Waals surface area contributed by atoms with E-state index in [-0.39, 0.29) is 12.5 Å². The summed E-state index contributed by atoms with van der Waals surface area (Å²) >= 11 is 0. The Morgan fingerprint density at radius 1 is 1.30 bits per heavy atom. The molecule has 3 aromatic rings. The number of aromatic nitrogens is 4. The van der Waals surface area contributed by atoms with E-state index in [0.717, 1.165) is 5.69 Å². The molecule has 0 unspecified atom stereocenters. The van der Waals surface area contributed by atoms with E-state index < -0.39 is 0 Å². The third-order valence-electron chi connectivity index (χ3n) is 3.68. The normalized spacial score (nSPS) is 10.7. The third kappa shape index (κ3) is 2.85. The molecule has 0 aliphatic heterocycles. The molecule has 0 saturated carbocycles. The highest BCUT2D eigenvalue weighted by Gasteiger charge is 2.18. The lowest BCUT2D eigenvalue weighted by molar-refractivity contribution is 0.0949. The van der Waals surface area contributed by atoms with Crippen molar-refractivity contribution < 1.29 is 9.21 Å². The van der Waals surface area contributed by atoms with Crippen LogP contribution in [0.15, 0.2) is 35.2 Å². The Labute approximate surface area is 133 Å². The van der Waals surface area contributed by atoms with Gasteiger partial charge in [-0.2, -0.15) is 5.10 Å². The van der Waals surface area contributed by atoms with E-state index in [1.807, 2.05) is 27.0 Å². The van der Waals surface area contributed by atoms with Crippen LogP contribution in [-0.4, -0.2) is 25.7 Å². The number of nitrogens with one attached hydrogen (secondary N) is 1. The summed E-state index contributed by atoms with van der Waals surface area (Å²) in [5, 5.41) is 7.13. The highest BCUT2D eigenvalue weighted by Crippen LogP contribution is 2.20. The van der Waals surface area contributed by atoms with Crippen LogP contribution in [0.1, 0.15) is 27.4 Å². The Kier molecular flexibility index (Phi) is 3.92. The molecular formula is C16H17N5O2. The summed E-state index contributed by atoms with van der Waals surface area (Å²) in [6.07, 6.45) is 4.77. The first-order valence-electron chi connectivity index (χ1n) is 7.20. The minimum absolute atomic E-state index is 0.177. The molecule has 7 heteroatoms. The maximum Gasteiger partial charge on any atom is 0.255 e. The van der Waals surface area contributed by atoms with E-state index in [1.165, 1.54) is 0 Å². The topological polar surface area (TPSA) is 85.8 Å². The molecule has 118 valence electrons. The van der Waals surface area contributed by atoms with Gasteiger partial charge in [0.1, 0.15) is 5.69 Å². The van der Waals surface area contributed by atoms with Crippen molar-refractivity contribution in [3.63, 3.8) is 0 Å². The fourth-order valence-electron chi connectivity index (χ4n) is 2.47. The van der Waals surface area contributed by atoms with Crippen molar-refractivity contribution in [2.45, 2.75) is 20.4 Å². The van der Waals surface area contributed by atoms with E-state index in [2.05, 4.69) is 20.4 Å². The average molecular weight is 311 g/mol. The predicted octanol–water partition coefficient (Wildman–Crippen LogP) is 2.02. The first kappa shape index (κ1) is 15.0. The van der Waals surface area contributed by atoms with Crippen LogP contribution in [0.2, 0.25) is 0 Å². The van der Waals surface area contributed by atoms with Crippen molar-refractivity contribution in [3.8, 4) is 11.5 Å². The molecule has 3 rings (SSSR count). The highest BCUT2D eigenvalue weighted by atomic mass is 16.3. The fourth-order valence-corrected chi connectivity index (χ4v) is 2.47. The molecule has 0 bridgehead atoms. The van der Waals surface area contributed by atoms with Gasteiger partial charge in [-0.25, -0.2) is 4.98 Å². The van der Waals surface area contributed by atoms with E-state index in [0.29, 0.717) is 28.4 Å². The second-order valence-electron chi connectivity index (χ2n) is 5.18. The number of hydrogen-bond acceptors (Lipinski definition) is 5. The van der Waals surface area contributed by atoms with Crippen molar-refractivity contribution in [3.05, 3.63) is 53.4 Å². The Bertz CT molecular complexity index is 836. The summed E-state index contributed by atoms with van der Waals surface area (Å²) in [7, 11) is 1.82. The van der Waals surface area contributed by atoms with Crippen molar-refractivity contribution in [1.82, 2.24) is 25.1 Å². The number of hydrogen-bond donors (Lipinski definition) is 1. The molecule has 0 radical (unpaired) electrons. The van der Waals surface area contributed by atoms with Crippen LogP contribution in [0.25, 0.3) is 11.5 Å². The first-order chi connectivity index (χ1) is 11.1. The van der Waals surface area contributed by atoms with Gasteiger partial charge in [-0.15, -0.1) is 0 Å². The molecule has 0 atom stereocenters. The van der Waals surface area contributed by atoms with Crippen LogP contribution < -0.4 is 5.32 Å². The van der Waals surface area contributed by atoms with Crippen LogP contribution >= 0.6 is 0 Å². The van der Waals surface area contributed by atoms with Crippen LogP contribution in [0.3, 0.4) is 0 Å². The smallest absolute Gasteiger partial charge is 0.255 e. The van der Waals surface area contributed by atoms with E-state index in [4.69, 9.17) is 4.42 Å². The standard InChI is InChI=1S/C16H17N5O2/c1-10-14(11(2)21(3)20-10)16(22)19-9-12-15(18-7-6-17-12)13-5-4-8-23-13/h4-8H,9H2,1-3H3,(H,19,22). The number of amides is 1. The van der Waals surface area contributed by atoms with E-state index >= 15 is 0 Å². The van der Waals surface area contributed by atoms with E-state index in [9.17, 15) is 4.79 Å². The summed E-state index contributed by atoms with van der Waals surface area (Å²) in [6.45, 7) is 3.94. The molecule has 0 aromatic carbocycles. The number of nitrogens with zero attached hydrogens (tertiary/aromatic N) is 4. The second kappa shape index (κ2) is 6.04. The molecule has 3 aromatic heterocycles. The van der Waals surface area contributed by atoms with Crippen LogP contribution in [0.4, 0.5) is 0 Å². The molecule has 1 amide bonds. The predicted molar refractivity (Wildman–Crippen MR) is 83.6 cm³/mol. The van der Waals surface area contributed by atoms with Gasteiger partial charge in [-0.05, 0) is 26.0 Å². The lowest BCUT2D eigenvalue weighted by Gasteiger charge is -2.08. The maximum atomic E-state index is 12.4. The Morgan fingerprint density at radius 3 is 2.74 bits per heavy atom. The highest BCUT2D eigenvalue weighted by molar-refractivity contribution is 5.96. The Hall–Kier alpha value is -2.96. The monoisotopic (exact) mass is 311 g/mol. The van der Waals surface area contributed by atoms with Gasteiger partial charge < -0.3 is 9.73 Å². The molecule has 3 heterocycles. The van der Waals surface area contributed by atoms with Crippen LogP contribution in [0, 0.1) is 13.8 Å². The van der Waals surface area contributed by atoms with Gasteiger partial charge in [0.15, 0.2) is 5.76 Å². The first-order valence-corrected chi connectivity index (χ1v) is 7.20. The fraction of sp³-hybridized carbons (Fsp3) is 0.250. The SMILES string of the molecule is Cc1nn(C)c(C)c1C(=O)NCc1nccnc1-c1ccco1. The van der Waals surface area contributed by atoms with Crippen LogP contribution in [0.5, 0.6) is 0 Å². The van der Waals surface area contributed by atoms with Gasteiger partial charge >= 0.3 is 0 Å². The van der Waals surface area contributed by atoms with Crippen molar-refractivity contribution in [1.29, 1.82) is 0 Å². The molecule has 0 fully saturated rings. The van der Waals surface area contributed by atoms with Gasteiger partial charge in [0.2, 0.25) is 0 Å². The number of carbonyl (C=O) groups excluding carboxylic acids is 1. The summed E-state index contributed by atoms with van der Waals surface area (Å²) in [5.41, 5.74) is 3.39. The molecule has 0 saturated heterocycles. The number of carbonyl (C=O) groups is 1. The van der Waals surface area contributed by atoms with Crippen molar-refractivity contribution in [2.75, 3.05) is 0 Å². The minimum atomic E-state index is -0.177. The summed E-state index contributed by atoms with van der Waals surface area (Å²) < 4.78 is 7.06. The van der Waals surface area contributed by atoms with Crippen LogP contribution in [-0.2, 0) is 13.6 Å². The largest absolute Gasteiger partial charge is 0.463 e. The number of rotatable bonds is 4. The summed E-state index contributed by atoms with van der Waals surface area (Å²) in [5.74, 6) is 0.445.